The number of H-pyrrole nitrogens is 1. The summed E-state index contributed by atoms with van der Waals surface area (Å²) in [6.07, 6.45) is 3.14. The molecule has 0 saturated heterocycles. The first-order chi connectivity index (χ1) is 6.68. The number of nitrogens with zero attached hydrogens (tertiary/aromatic N) is 1. The Labute approximate surface area is 86.1 Å². The molecule has 0 radical (unpaired) electrons. The summed E-state index contributed by atoms with van der Waals surface area (Å²) < 4.78 is 20.9. The van der Waals surface area contributed by atoms with E-state index in [9.17, 15) is 8.42 Å². The molecule has 0 amide bonds. The lowest BCUT2D eigenvalue weighted by Gasteiger charge is -1.93. The second kappa shape index (κ2) is 3.43. The van der Waals surface area contributed by atoms with Crippen LogP contribution in [0.1, 0.15) is 5.56 Å². The van der Waals surface area contributed by atoms with E-state index in [1.54, 1.807) is 18.3 Å². The minimum atomic E-state index is -2.41. The highest BCUT2D eigenvalue weighted by Gasteiger charge is 2.04. The second-order valence-corrected chi connectivity index (χ2v) is 4.13. The van der Waals surface area contributed by atoms with Crippen LogP contribution in [0.3, 0.4) is 0 Å². The Hall–Kier alpha value is -1.33. The summed E-state index contributed by atoms with van der Waals surface area (Å²) >= 11 is 5.56. The van der Waals surface area contributed by atoms with Crippen molar-refractivity contribution in [3.8, 4) is 0 Å². The van der Waals surface area contributed by atoms with Gasteiger partial charge in [0.15, 0.2) is 4.32 Å². The van der Waals surface area contributed by atoms with Crippen LogP contribution in [-0.4, -0.2) is 22.7 Å². The van der Waals surface area contributed by atoms with Gasteiger partial charge in [-0.25, -0.2) is 4.98 Å². The predicted octanol–water partition coefficient (Wildman–Crippen LogP) is 1.16. The van der Waals surface area contributed by atoms with Crippen molar-refractivity contribution in [1.82, 2.24) is 9.97 Å². The molecular formula is C8H5ClN2O2S. The minimum absolute atomic E-state index is 0.222. The molecule has 2 aromatic rings. The Morgan fingerprint density at radius 2 is 2.29 bits per heavy atom. The topological polar surface area (TPSA) is 62.8 Å². The van der Waals surface area contributed by atoms with Crippen molar-refractivity contribution < 1.29 is 8.42 Å². The number of pyridine rings is 1. The molecule has 0 aliphatic rings. The predicted molar refractivity (Wildman–Crippen MR) is 55.0 cm³/mol. The maximum absolute atomic E-state index is 10.6. The van der Waals surface area contributed by atoms with E-state index < -0.39 is 10.3 Å². The van der Waals surface area contributed by atoms with Crippen molar-refractivity contribution in [2.45, 2.75) is 0 Å². The van der Waals surface area contributed by atoms with Crippen LogP contribution in [0.15, 0.2) is 24.5 Å². The molecule has 0 spiro atoms. The van der Waals surface area contributed by atoms with Crippen LogP contribution in [0.5, 0.6) is 0 Å². The lowest BCUT2D eigenvalue weighted by atomic mass is 10.2. The zero-order chi connectivity index (χ0) is 10.1. The molecule has 0 atom stereocenters. The van der Waals surface area contributed by atoms with Gasteiger partial charge in [-0.15, -0.1) is 0 Å². The number of hydrogen-bond donors (Lipinski definition) is 1. The SMILES string of the molecule is O=S(=O)=C(Cl)c1cnc2[nH]ccc2c1. The minimum Gasteiger partial charge on any atom is -0.346 e. The zero-order valence-corrected chi connectivity index (χ0v) is 8.43. The monoisotopic (exact) mass is 228 g/mol. The van der Waals surface area contributed by atoms with Gasteiger partial charge in [0.2, 0.25) is 10.3 Å². The van der Waals surface area contributed by atoms with Gasteiger partial charge < -0.3 is 4.98 Å². The lowest BCUT2D eigenvalue weighted by molar-refractivity contribution is 0.627. The van der Waals surface area contributed by atoms with Gasteiger partial charge in [0.25, 0.3) is 0 Å². The average Bonchev–Trinajstić information content (AvgIpc) is 2.62. The van der Waals surface area contributed by atoms with E-state index in [0.717, 1.165) is 5.39 Å². The Morgan fingerprint density at radius 1 is 1.50 bits per heavy atom. The van der Waals surface area contributed by atoms with Crippen LogP contribution < -0.4 is 0 Å². The molecule has 1 N–H and O–H groups in total. The van der Waals surface area contributed by atoms with Crippen molar-refractivity contribution >= 4 is 37.3 Å². The fourth-order valence-corrected chi connectivity index (χ4v) is 1.55. The van der Waals surface area contributed by atoms with Crippen molar-refractivity contribution in [3.05, 3.63) is 30.1 Å². The largest absolute Gasteiger partial charge is 0.346 e. The summed E-state index contributed by atoms with van der Waals surface area (Å²) in [5, 5.41) is 0.825. The van der Waals surface area contributed by atoms with Crippen molar-refractivity contribution in [2.75, 3.05) is 0 Å². The van der Waals surface area contributed by atoms with Gasteiger partial charge in [0.1, 0.15) is 5.65 Å². The Balaban J connectivity index is 2.71. The summed E-state index contributed by atoms with van der Waals surface area (Å²) in [7, 11) is -2.41. The fraction of sp³-hybridized carbons (Fsp3) is 0. The molecule has 0 aliphatic heterocycles. The van der Waals surface area contributed by atoms with Crippen LogP contribution in [0.25, 0.3) is 11.0 Å². The summed E-state index contributed by atoms with van der Waals surface area (Å²) in [4.78, 5) is 6.91. The van der Waals surface area contributed by atoms with Gasteiger partial charge >= 0.3 is 0 Å². The normalized spacial score (nSPS) is 10.4. The van der Waals surface area contributed by atoms with Gasteiger partial charge in [0.05, 0.1) is 0 Å². The highest BCUT2D eigenvalue weighted by Crippen LogP contribution is 2.12. The first-order valence-corrected chi connectivity index (χ1v) is 5.19. The molecule has 2 heterocycles. The summed E-state index contributed by atoms with van der Waals surface area (Å²) in [5.41, 5.74) is 1.10. The number of rotatable bonds is 1. The molecule has 4 nitrogen and oxygen atoms in total. The number of nitrogens with one attached hydrogen (secondary N) is 1. The lowest BCUT2D eigenvalue weighted by Crippen LogP contribution is -1.93. The highest BCUT2D eigenvalue weighted by molar-refractivity contribution is 7.76. The van der Waals surface area contributed by atoms with Crippen molar-refractivity contribution in [1.29, 1.82) is 0 Å². The molecule has 0 bridgehead atoms. The maximum atomic E-state index is 10.6. The number of aromatic nitrogens is 2. The van der Waals surface area contributed by atoms with Gasteiger partial charge in [-0.1, -0.05) is 11.6 Å². The quantitative estimate of drug-likeness (QED) is 0.589. The molecule has 0 aromatic carbocycles. The van der Waals surface area contributed by atoms with Crippen molar-refractivity contribution in [3.63, 3.8) is 0 Å². The molecule has 0 aliphatic carbocycles. The summed E-state index contributed by atoms with van der Waals surface area (Å²) in [6.45, 7) is 0. The van der Waals surface area contributed by atoms with Crippen LogP contribution >= 0.6 is 11.6 Å². The first kappa shape index (κ1) is 9.23. The molecule has 2 rings (SSSR count). The molecule has 2 aromatic heterocycles. The van der Waals surface area contributed by atoms with Crippen LogP contribution in [0, 0.1) is 0 Å². The van der Waals surface area contributed by atoms with Crippen LogP contribution in [0.2, 0.25) is 0 Å². The van der Waals surface area contributed by atoms with E-state index >= 15 is 0 Å². The fourth-order valence-electron chi connectivity index (χ4n) is 1.14. The van der Waals surface area contributed by atoms with E-state index in [2.05, 4.69) is 9.97 Å². The molecule has 0 saturated carbocycles. The van der Waals surface area contributed by atoms with Gasteiger partial charge in [-0.05, 0) is 12.1 Å². The van der Waals surface area contributed by atoms with E-state index in [1.165, 1.54) is 6.20 Å². The number of hydrogen-bond acceptors (Lipinski definition) is 3. The van der Waals surface area contributed by atoms with Crippen LogP contribution in [0.4, 0.5) is 0 Å². The standard InChI is InChI=1S/C8H5ClN2O2S/c9-7(14(12)13)6-3-5-1-2-10-8(5)11-4-6/h1-4H,(H,10,11). The van der Waals surface area contributed by atoms with E-state index in [0.29, 0.717) is 11.2 Å². The first-order valence-electron chi connectivity index (χ1n) is 3.73. The third-order valence-corrected chi connectivity index (χ3v) is 2.90. The van der Waals surface area contributed by atoms with E-state index in [-0.39, 0.29) is 4.32 Å². The molecule has 72 valence electrons. The summed E-state index contributed by atoms with van der Waals surface area (Å²) in [5.74, 6) is 0. The third kappa shape index (κ3) is 1.51. The van der Waals surface area contributed by atoms with Gasteiger partial charge in [0, 0.05) is 23.3 Å². The molecule has 0 unspecified atom stereocenters. The highest BCUT2D eigenvalue weighted by atomic mass is 35.5. The average molecular weight is 229 g/mol. The van der Waals surface area contributed by atoms with Gasteiger partial charge in [-0.3, -0.25) is 0 Å². The molecular weight excluding hydrogens is 224 g/mol. The Bertz CT molecular complexity index is 607. The van der Waals surface area contributed by atoms with Crippen LogP contribution in [-0.2, 0) is 10.3 Å². The molecule has 0 fully saturated rings. The summed E-state index contributed by atoms with van der Waals surface area (Å²) in [6, 6.07) is 3.46. The van der Waals surface area contributed by atoms with E-state index in [4.69, 9.17) is 11.6 Å². The number of halogens is 1. The number of fused-ring (bicyclic) bond motifs is 1. The third-order valence-electron chi connectivity index (χ3n) is 1.77. The van der Waals surface area contributed by atoms with E-state index in [1.807, 2.05) is 0 Å². The zero-order valence-electron chi connectivity index (χ0n) is 6.86. The van der Waals surface area contributed by atoms with Crippen molar-refractivity contribution in [2.24, 2.45) is 0 Å². The molecule has 6 heteroatoms. The molecule has 14 heavy (non-hydrogen) atoms. The second-order valence-electron chi connectivity index (χ2n) is 2.65. The Kier molecular flexibility index (Phi) is 2.26. The number of aromatic amines is 1. The smallest absolute Gasteiger partial charge is 0.233 e. The Morgan fingerprint density at radius 3 is 3.00 bits per heavy atom. The van der Waals surface area contributed by atoms with Gasteiger partial charge in [-0.2, -0.15) is 8.42 Å². The maximum Gasteiger partial charge on any atom is 0.233 e.